The number of hydrogen-bond acceptors (Lipinski definition) is 6. The fraction of sp³-hybridized carbons (Fsp3) is 0.609. The fourth-order valence-electron chi connectivity index (χ4n) is 5.55. The van der Waals surface area contributed by atoms with Gasteiger partial charge in [-0.25, -0.2) is 4.98 Å². The first-order chi connectivity index (χ1) is 14.6. The van der Waals surface area contributed by atoms with Crippen LogP contribution in [0.2, 0.25) is 0 Å². The molecule has 0 atom stereocenters. The van der Waals surface area contributed by atoms with E-state index >= 15 is 0 Å². The zero-order chi connectivity index (χ0) is 21.0. The van der Waals surface area contributed by atoms with E-state index in [2.05, 4.69) is 4.98 Å². The Balaban J connectivity index is 1.60. The summed E-state index contributed by atoms with van der Waals surface area (Å²) in [6, 6.07) is 7.38. The van der Waals surface area contributed by atoms with Gasteiger partial charge in [-0.1, -0.05) is 50.7 Å². The van der Waals surface area contributed by atoms with Crippen molar-refractivity contribution in [1.29, 1.82) is 0 Å². The first-order valence-corrected chi connectivity index (χ1v) is 11.8. The molecule has 0 bridgehead atoms. The predicted molar refractivity (Wildman–Crippen MR) is 114 cm³/mol. The summed E-state index contributed by atoms with van der Waals surface area (Å²) in [6.45, 7) is 0. The zero-order valence-corrected chi connectivity index (χ0v) is 18.0. The molecule has 2 aliphatic carbocycles. The monoisotopic (exact) mass is 431 g/mol. The number of oxazole rings is 1. The number of rotatable bonds is 7. The highest BCUT2D eigenvalue weighted by Crippen LogP contribution is 2.52. The van der Waals surface area contributed by atoms with Crippen LogP contribution in [0.25, 0.3) is 11.1 Å². The van der Waals surface area contributed by atoms with Crippen molar-refractivity contribution in [3.63, 3.8) is 0 Å². The lowest BCUT2D eigenvalue weighted by Gasteiger charge is -2.46. The lowest BCUT2D eigenvalue weighted by Crippen LogP contribution is -2.48. The van der Waals surface area contributed by atoms with Gasteiger partial charge in [-0.2, -0.15) is 0 Å². The Kier molecular flexibility index (Phi) is 6.66. The van der Waals surface area contributed by atoms with E-state index in [-0.39, 0.29) is 23.5 Å². The van der Waals surface area contributed by atoms with Gasteiger partial charge in [0.1, 0.15) is 5.52 Å². The van der Waals surface area contributed by atoms with Crippen LogP contribution in [0.4, 0.5) is 0 Å². The number of nitrogens with zero attached hydrogens (tertiary/aromatic N) is 1. The molecule has 0 unspecified atom stereocenters. The van der Waals surface area contributed by atoms with Gasteiger partial charge >= 0.3 is 11.9 Å². The van der Waals surface area contributed by atoms with E-state index in [0.29, 0.717) is 11.1 Å². The molecule has 1 heterocycles. The van der Waals surface area contributed by atoms with Crippen LogP contribution in [0.15, 0.2) is 33.9 Å². The highest BCUT2D eigenvalue weighted by Gasteiger charge is 2.54. The number of aliphatic carboxylic acids is 1. The molecule has 1 aromatic carbocycles. The van der Waals surface area contributed by atoms with E-state index in [1.54, 1.807) is 0 Å². The molecule has 6 nitrogen and oxygen atoms in total. The smallest absolute Gasteiger partial charge is 0.325 e. The van der Waals surface area contributed by atoms with Gasteiger partial charge in [0.2, 0.25) is 0 Å². The van der Waals surface area contributed by atoms with Crippen LogP contribution >= 0.6 is 12.0 Å². The summed E-state index contributed by atoms with van der Waals surface area (Å²) in [6.07, 6.45) is 9.91. The standard InChI is InChI=1S/C23H29NO5S/c25-20(26)15-23(16-9-3-1-4-10-16,17-11-5-2-6-12-17)21(27)29-30-22-24-18-13-7-8-14-19(18)28-22/h7-8,13-14,16-17H,1-6,9-12,15H2,(H,25,26). The second kappa shape index (κ2) is 9.41. The lowest BCUT2D eigenvalue weighted by atomic mass is 9.57. The number of fused-ring (bicyclic) bond motifs is 1. The first-order valence-electron chi connectivity index (χ1n) is 11.1. The molecule has 0 amide bonds. The number of aromatic nitrogens is 1. The van der Waals surface area contributed by atoms with Crippen molar-refractivity contribution in [2.75, 3.05) is 0 Å². The molecular formula is C23H29NO5S. The molecule has 162 valence electrons. The Morgan fingerprint density at radius 3 is 2.20 bits per heavy atom. The molecule has 2 saturated carbocycles. The molecule has 7 heteroatoms. The van der Waals surface area contributed by atoms with E-state index < -0.39 is 17.4 Å². The van der Waals surface area contributed by atoms with Crippen molar-refractivity contribution >= 4 is 35.1 Å². The third kappa shape index (κ3) is 4.36. The van der Waals surface area contributed by atoms with Gasteiger partial charge in [0.15, 0.2) is 17.6 Å². The fourth-order valence-corrected chi connectivity index (χ4v) is 6.11. The van der Waals surface area contributed by atoms with Gasteiger partial charge in [-0.3, -0.25) is 9.59 Å². The molecule has 2 aromatic rings. The number of para-hydroxylation sites is 2. The van der Waals surface area contributed by atoms with Crippen molar-refractivity contribution in [2.45, 2.75) is 75.9 Å². The Labute approximate surface area is 181 Å². The quantitative estimate of drug-likeness (QED) is 0.538. The molecule has 30 heavy (non-hydrogen) atoms. The largest absolute Gasteiger partial charge is 0.481 e. The Morgan fingerprint density at radius 1 is 1.03 bits per heavy atom. The van der Waals surface area contributed by atoms with Crippen LogP contribution in [-0.4, -0.2) is 22.0 Å². The van der Waals surface area contributed by atoms with Crippen molar-refractivity contribution in [2.24, 2.45) is 17.3 Å². The minimum absolute atomic E-state index is 0.0576. The number of carbonyl (C=O) groups is 2. The molecule has 0 aliphatic heterocycles. The van der Waals surface area contributed by atoms with Crippen LogP contribution in [0, 0.1) is 17.3 Å². The van der Waals surface area contributed by atoms with E-state index in [1.807, 2.05) is 24.3 Å². The maximum atomic E-state index is 13.6. The summed E-state index contributed by atoms with van der Waals surface area (Å²) in [5.41, 5.74) is 0.367. The van der Waals surface area contributed by atoms with Crippen LogP contribution < -0.4 is 0 Å². The number of carboxylic acids is 1. The third-order valence-corrected chi connectivity index (χ3v) is 7.51. The minimum Gasteiger partial charge on any atom is -0.481 e. The van der Waals surface area contributed by atoms with Crippen molar-refractivity contribution < 1.29 is 23.3 Å². The molecule has 1 aromatic heterocycles. The van der Waals surface area contributed by atoms with E-state index in [0.717, 1.165) is 76.3 Å². The Bertz CT molecular complexity index is 832. The maximum absolute atomic E-state index is 13.6. The summed E-state index contributed by atoms with van der Waals surface area (Å²) in [4.78, 5) is 29.9. The predicted octanol–water partition coefficient (Wildman–Crippen LogP) is 6.00. The maximum Gasteiger partial charge on any atom is 0.325 e. The van der Waals surface area contributed by atoms with Crippen molar-refractivity contribution in [1.82, 2.24) is 4.98 Å². The average molecular weight is 432 g/mol. The van der Waals surface area contributed by atoms with Crippen LogP contribution in [0.5, 0.6) is 0 Å². The Hall–Kier alpha value is -2.02. The molecule has 2 fully saturated rings. The average Bonchev–Trinajstić information content (AvgIpc) is 3.20. The van der Waals surface area contributed by atoms with Gasteiger partial charge in [-0.05, 0) is 49.7 Å². The number of carbonyl (C=O) groups excluding carboxylic acids is 1. The van der Waals surface area contributed by atoms with E-state index in [1.165, 1.54) is 0 Å². The van der Waals surface area contributed by atoms with Gasteiger partial charge in [0, 0.05) is 0 Å². The van der Waals surface area contributed by atoms with Crippen molar-refractivity contribution in [3.8, 4) is 0 Å². The zero-order valence-electron chi connectivity index (χ0n) is 17.2. The number of carboxylic acid groups (broad SMARTS) is 1. The highest BCUT2D eigenvalue weighted by molar-refractivity contribution is 7.94. The van der Waals surface area contributed by atoms with E-state index in [4.69, 9.17) is 8.60 Å². The van der Waals surface area contributed by atoms with Gasteiger partial charge in [-0.15, -0.1) is 0 Å². The molecular weight excluding hydrogens is 402 g/mol. The number of hydrogen-bond donors (Lipinski definition) is 1. The van der Waals surface area contributed by atoms with Crippen LogP contribution in [-0.2, 0) is 13.8 Å². The summed E-state index contributed by atoms with van der Waals surface area (Å²) in [7, 11) is 0. The number of benzene rings is 1. The third-order valence-electron chi connectivity index (χ3n) is 6.95. The summed E-state index contributed by atoms with van der Waals surface area (Å²) >= 11 is 0.816. The van der Waals surface area contributed by atoms with Gasteiger partial charge < -0.3 is 13.7 Å². The van der Waals surface area contributed by atoms with E-state index in [9.17, 15) is 14.7 Å². The molecule has 0 spiro atoms. The summed E-state index contributed by atoms with van der Waals surface area (Å²) in [5, 5.41) is 10.1. The van der Waals surface area contributed by atoms with Gasteiger partial charge in [0.05, 0.1) is 11.8 Å². The Morgan fingerprint density at radius 2 is 1.63 bits per heavy atom. The van der Waals surface area contributed by atoms with Crippen LogP contribution in [0.1, 0.15) is 70.6 Å². The second-order valence-electron chi connectivity index (χ2n) is 8.68. The topological polar surface area (TPSA) is 89.6 Å². The summed E-state index contributed by atoms with van der Waals surface area (Å²) in [5.74, 6) is -1.21. The highest BCUT2D eigenvalue weighted by atomic mass is 32.2. The molecule has 2 aliphatic rings. The van der Waals surface area contributed by atoms with Gasteiger partial charge in [0.25, 0.3) is 5.22 Å². The van der Waals surface area contributed by atoms with Crippen LogP contribution in [0.3, 0.4) is 0 Å². The second-order valence-corrected chi connectivity index (χ2v) is 9.36. The lowest BCUT2D eigenvalue weighted by molar-refractivity contribution is -0.164. The molecule has 0 saturated heterocycles. The van der Waals surface area contributed by atoms with Crippen molar-refractivity contribution in [3.05, 3.63) is 24.3 Å². The minimum atomic E-state index is -0.967. The summed E-state index contributed by atoms with van der Waals surface area (Å²) < 4.78 is 11.4. The molecule has 0 radical (unpaired) electrons. The SMILES string of the molecule is O=C(O)CC(C(=O)OSc1nc2ccccc2o1)(C1CCCCC1)C1CCCCC1. The normalized spacial score (nSPS) is 19.1. The molecule has 1 N–H and O–H groups in total. The molecule has 4 rings (SSSR count). The first kappa shape index (κ1) is 21.2.